The zero-order valence-corrected chi connectivity index (χ0v) is 17.6. The highest BCUT2D eigenvalue weighted by molar-refractivity contribution is 8.01. The van der Waals surface area contributed by atoms with Crippen LogP contribution in [0.5, 0.6) is 11.5 Å². The summed E-state index contributed by atoms with van der Waals surface area (Å²) in [6, 6.07) is 12.5. The fourth-order valence-electron chi connectivity index (χ4n) is 2.63. The van der Waals surface area contributed by atoms with Crippen molar-refractivity contribution >= 4 is 28.2 Å². The number of halogens is 1. The lowest BCUT2D eigenvalue weighted by Crippen LogP contribution is -2.04. The zero-order chi connectivity index (χ0) is 19.9. The lowest BCUT2D eigenvalue weighted by atomic mass is 10.1. The first-order valence-corrected chi connectivity index (χ1v) is 10.5. The first kappa shape index (κ1) is 20.4. The molecule has 0 radical (unpaired) electrons. The number of benzene rings is 2. The molecule has 1 N–H and O–H groups in total. The summed E-state index contributed by atoms with van der Waals surface area (Å²) >= 11 is 3.13. The van der Waals surface area contributed by atoms with E-state index in [1.54, 1.807) is 38.1 Å². The summed E-state index contributed by atoms with van der Waals surface area (Å²) in [7, 11) is 3.26. The van der Waals surface area contributed by atoms with Gasteiger partial charge < -0.3 is 14.8 Å². The van der Waals surface area contributed by atoms with E-state index in [0.717, 1.165) is 45.1 Å². The SMILES string of the molecule is COc1ccc(CCNc2nnc(SC(C)c3ccc(F)cc3)s2)cc1OC. The maximum absolute atomic E-state index is 13.1. The van der Waals surface area contributed by atoms with E-state index >= 15 is 0 Å². The molecule has 0 aliphatic rings. The summed E-state index contributed by atoms with van der Waals surface area (Å²) in [6.07, 6.45) is 0.828. The van der Waals surface area contributed by atoms with Gasteiger partial charge in [-0.05, 0) is 48.7 Å². The molecule has 1 unspecified atom stereocenters. The van der Waals surface area contributed by atoms with Crippen LogP contribution in [-0.4, -0.2) is 31.0 Å². The standard InChI is InChI=1S/C20H22FN3O2S2/c1-13(15-5-7-16(21)8-6-15)27-20-24-23-19(28-20)22-11-10-14-4-9-17(25-2)18(12-14)26-3/h4-9,12-13H,10-11H2,1-3H3,(H,22,23). The molecule has 0 saturated heterocycles. The first-order valence-electron chi connectivity index (χ1n) is 8.79. The number of nitrogens with zero attached hydrogens (tertiary/aromatic N) is 2. The molecule has 8 heteroatoms. The van der Waals surface area contributed by atoms with Crippen LogP contribution in [0.2, 0.25) is 0 Å². The lowest BCUT2D eigenvalue weighted by Gasteiger charge is -2.09. The third-order valence-electron chi connectivity index (χ3n) is 4.16. The van der Waals surface area contributed by atoms with Crippen LogP contribution < -0.4 is 14.8 Å². The molecule has 28 heavy (non-hydrogen) atoms. The van der Waals surface area contributed by atoms with E-state index < -0.39 is 0 Å². The van der Waals surface area contributed by atoms with Crippen LogP contribution in [0.1, 0.15) is 23.3 Å². The van der Waals surface area contributed by atoms with E-state index in [1.807, 2.05) is 18.2 Å². The zero-order valence-electron chi connectivity index (χ0n) is 15.9. The Balaban J connectivity index is 1.51. The summed E-state index contributed by atoms with van der Waals surface area (Å²) in [5.74, 6) is 1.22. The number of hydrogen-bond acceptors (Lipinski definition) is 7. The summed E-state index contributed by atoms with van der Waals surface area (Å²) in [6.45, 7) is 2.81. The molecule has 1 aromatic heterocycles. The topological polar surface area (TPSA) is 56.3 Å². The molecule has 148 valence electrons. The molecule has 0 amide bonds. The van der Waals surface area contributed by atoms with Gasteiger partial charge in [0.05, 0.1) is 14.2 Å². The summed E-state index contributed by atoms with van der Waals surface area (Å²) < 4.78 is 24.5. The van der Waals surface area contributed by atoms with E-state index in [2.05, 4.69) is 22.4 Å². The second kappa shape index (κ2) is 9.75. The molecule has 1 heterocycles. The summed E-state index contributed by atoms with van der Waals surface area (Å²) in [5.41, 5.74) is 2.21. The lowest BCUT2D eigenvalue weighted by molar-refractivity contribution is 0.354. The maximum atomic E-state index is 13.1. The molecular weight excluding hydrogens is 397 g/mol. The van der Waals surface area contributed by atoms with Crippen LogP contribution in [0, 0.1) is 5.82 Å². The fourth-order valence-corrected chi connectivity index (χ4v) is 4.68. The summed E-state index contributed by atoms with van der Waals surface area (Å²) in [4.78, 5) is 0. The Hall–Kier alpha value is -2.32. The highest BCUT2D eigenvalue weighted by Crippen LogP contribution is 2.37. The Morgan fingerprint density at radius 1 is 1.07 bits per heavy atom. The number of anilines is 1. The molecule has 3 aromatic rings. The van der Waals surface area contributed by atoms with Gasteiger partial charge in [0.1, 0.15) is 5.82 Å². The van der Waals surface area contributed by atoms with Crippen molar-refractivity contribution in [1.82, 2.24) is 10.2 Å². The Bertz CT molecular complexity index is 903. The van der Waals surface area contributed by atoms with Gasteiger partial charge in [0.25, 0.3) is 0 Å². The van der Waals surface area contributed by atoms with Crippen LogP contribution in [-0.2, 0) is 6.42 Å². The van der Waals surface area contributed by atoms with Gasteiger partial charge in [0.15, 0.2) is 15.8 Å². The van der Waals surface area contributed by atoms with Gasteiger partial charge in [-0.15, -0.1) is 10.2 Å². The monoisotopic (exact) mass is 419 g/mol. The number of ether oxygens (including phenoxy) is 2. The number of nitrogens with one attached hydrogen (secondary N) is 1. The predicted octanol–water partition coefficient (Wildman–Crippen LogP) is 5.20. The van der Waals surface area contributed by atoms with E-state index in [1.165, 1.54) is 23.5 Å². The van der Waals surface area contributed by atoms with Gasteiger partial charge >= 0.3 is 0 Å². The highest BCUT2D eigenvalue weighted by Gasteiger charge is 2.12. The average Bonchev–Trinajstić information content (AvgIpc) is 3.15. The molecule has 2 aromatic carbocycles. The van der Waals surface area contributed by atoms with Crippen LogP contribution in [0.4, 0.5) is 9.52 Å². The molecule has 5 nitrogen and oxygen atoms in total. The molecule has 1 atom stereocenters. The third-order valence-corrected chi connectivity index (χ3v) is 6.28. The second-order valence-corrected chi connectivity index (χ2v) is 8.62. The molecule has 0 fully saturated rings. The van der Waals surface area contributed by atoms with Gasteiger partial charge in [-0.3, -0.25) is 0 Å². The fraction of sp³-hybridized carbons (Fsp3) is 0.300. The van der Waals surface area contributed by atoms with E-state index in [4.69, 9.17) is 9.47 Å². The van der Waals surface area contributed by atoms with Gasteiger partial charge in [-0.2, -0.15) is 0 Å². The van der Waals surface area contributed by atoms with Crippen molar-refractivity contribution in [2.24, 2.45) is 0 Å². The van der Waals surface area contributed by atoms with Crippen molar-refractivity contribution in [1.29, 1.82) is 0 Å². The van der Waals surface area contributed by atoms with Crippen LogP contribution in [0.25, 0.3) is 0 Å². The quantitative estimate of drug-likeness (QED) is 0.481. The number of rotatable bonds is 9. The van der Waals surface area contributed by atoms with Crippen LogP contribution in [0.15, 0.2) is 46.8 Å². The number of thioether (sulfide) groups is 1. The molecule has 0 bridgehead atoms. The second-order valence-electron chi connectivity index (χ2n) is 6.05. The van der Waals surface area contributed by atoms with Crippen molar-refractivity contribution in [2.45, 2.75) is 22.9 Å². The van der Waals surface area contributed by atoms with Crippen molar-refractivity contribution < 1.29 is 13.9 Å². The molecule has 0 saturated carbocycles. The van der Waals surface area contributed by atoms with Gasteiger partial charge in [-0.25, -0.2) is 4.39 Å². The minimum Gasteiger partial charge on any atom is -0.493 e. The largest absolute Gasteiger partial charge is 0.493 e. The Kier molecular flexibility index (Phi) is 7.11. The Morgan fingerprint density at radius 3 is 2.54 bits per heavy atom. The van der Waals surface area contributed by atoms with Crippen molar-refractivity contribution in [2.75, 3.05) is 26.1 Å². The Labute approximate surface area is 172 Å². The molecule has 0 spiro atoms. The van der Waals surface area contributed by atoms with E-state index in [-0.39, 0.29) is 11.1 Å². The molecule has 0 aliphatic carbocycles. The number of hydrogen-bond donors (Lipinski definition) is 1. The van der Waals surface area contributed by atoms with Crippen LogP contribution in [0.3, 0.4) is 0 Å². The maximum Gasteiger partial charge on any atom is 0.206 e. The van der Waals surface area contributed by atoms with E-state index in [9.17, 15) is 4.39 Å². The van der Waals surface area contributed by atoms with Crippen molar-refractivity contribution in [3.8, 4) is 11.5 Å². The molecule has 0 aliphatic heterocycles. The van der Waals surface area contributed by atoms with Crippen LogP contribution >= 0.6 is 23.1 Å². The van der Waals surface area contributed by atoms with Crippen molar-refractivity contribution in [3.05, 3.63) is 59.4 Å². The minimum absolute atomic E-state index is 0.174. The average molecular weight is 420 g/mol. The smallest absolute Gasteiger partial charge is 0.206 e. The normalized spacial score (nSPS) is 11.9. The minimum atomic E-state index is -0.224. The van der Waals surface area contributed by atoms with Crippen molar-refractivity contribution in [3.63, 3.8) is 0 Å². The third kappa shape index (κ3) is 5.36. The first-order chi connectivity index (χ1) is 13.6. The van der Waals surface area contributed by atoms with Gasteiger partial charge in [-0.1, -0.05) is 41.3 Å². The Morgan fingerprint density at radius 2 is 1.82 bits per heavy atom. The molecular formula is C20H22FN3O2S2. The number of methoxy groups -OCH3 is 2. The summed E-state index contributed by atoms with van der Waals surface area (Å²) in [5, 5.41) is 12.7. The van der Waals surface area contributed by atoms with E-state index in [0.29, 0.717) is 0 Å². The van der Waals surface area contributed by atoms with Gasteiger partial charge in [0, 0.05) is 11.8 Å². The number of aromatic nitrogens is 2. The van der Waals surface area contributed by atoms with Gasteiger partial charge in [0.2, 0.25) is 5.13 Å². The predicted molar refractivity (Wildman–Crippen MR) is 112 cm³/mol. The highest BCUT2D eigenvalue weighted by atomic mass is 32.2. The molecule has 3 rings (SSSR count).